The molecule has 1 aliphatic rings. The summed E-state index contributed by atoms with van der Waals surface area (Å²) in [5.41, 5.74) is 0. The number of carboxylic acids is 2. The van der Waals surface area contributed by atoms with Gasteiger partial charge in [-0.2, -0.15) is 0 Å². The first-order valence-corrected chi connectivity index (χ1v) is 4.52. The van der Waals surface area contributed by atoms with Crippen LogP contribution >= 0.6 is 0 Å². The molecule has 1 saturated heterocycles. The first kappa shape index (κ1) is 20.1. The predicted octanol–water partition coefficient (Wildman–Crippen LogP) is -1.73. The molecule has 0 radical (unpaired) electrons. The molecule has 0 aromatic rings. The Balaban J connectivity index is -0.000000145. The minimum atomic E-state index is -1.08. The summed E-state index contributed by atoms with van der Waals surface area (Å²) in [6, 6.07) is 0. The molecule has 5 nitrogen and oxygen atoms in total. The molecule has 92 valence electrons. The summed E-state index contributed by atoms with van der Waals surface area (Å²) < 4.78 is 0. The first-order valence-electron chi connectivity index (χ1n) is 4.52. The van der Waals surface area contributed by atoms with Gasteiger partial charge in [0.25, 0.3) is 0 Å². The van der Waals surface area contributed by atoms with E-state index in [1.165, 1.54) is 32.4 Å². The van der Waals surface area contributed by atoms with Gasteiger partial charge >= 0.3 is 21.1 Å². The van der Waals surface area contributed by atoms with Crippen molar-refractivity contribution in [3.05, 3.63) is 0 Å². The van der Waals surface area contributed by atoms with Crippen molar-refractivity contribution < 1.29 is 40.9 Å². The van der Waals surface area contributed by atoms with Gasteiger partial charge in [0.2, 0.25) is 0 Å². The largest absolute Gasteiger partial charge is 2.00 e. The van der Waals surface area contributed by atoms with Gasteiger partial charge in [0.05, 0.1) is 0 Å². The van der Waals surface area contributed by atoms with E-state index in [0.29, 0.717) is 0 Å². The molecule has 0 aromatic carbocycles. The zero-order chi connectivity index (χ0) is 11.4. The normalized spacial score (nSPS) is 12.9. The maximum atomic E-state index is 8.89. The minimum absolute atomic E-state index is 0. The maximum Gasteiger partial charge on any atom is 2.00 e. The van der Waals surface area contributed by atoms with E-state index in [1.54, 1.807) is 0 Å². The standard InChI is InChI=1S/C5H11N.2C2H4O2.Pt/c1-2-4-6-5-3-1;2*1-2(3)4;/h6H,1-5H2;2*1H3,(H,3,4);/q;;;+2/p-2. The van der Waals surface area contributed by atoms with Gasteiger partial charge in [0, 0.05) is 11.9 Å². The molecule has 1 rings (SSSR count). The van der Waals surface area contributed by atoms with E-state index >= 15 is 0 Å². The van der Waals surface area contributed by atoms with Gasteiger partial charge in [-0.1, -0.05) is 6.42 Å². The number of carboxylic acid groups (broad SMARTS) is 2. The number of piperidine rings is 1. The van der Waals surface area contributed by atoms with E-state index in [1.807, 2.05) is 0 Å². The van der Waals surface area contributed by atoms with Crippen molar-refractivity contribution in [1.29, 1.82) is 0 Å². The van der Waals surface area contributed by atoms with Crippen molar-refractivity contribution in [2.45, 2.75) is 33.1 Å². The molecule has 0 bridgehead atoms. The van der Waals surface area contributed by atoms with Gasteiger partial charge in [0.1, 0.15) is 0 Å². The first-order chi connectivity index (χ1) is 6.46. The number of aliphatic carboxylic acids is 2. The summed E-state index contributed by atoms with van der Waals surface area (Å²) in [6.45, 7) is 4.44. The topological polar surface area (TPSA) is 92.3 Å². The average molecular weight is 398 g/mol. The fraction of sp³-hybridized carbons (Fsp3) is 0.778. The molecule has 1 aliphatic heterocycles. The van der Waals surface area contributed by atoms with Crippen LogP contribution in [-0.4, -0.2) is 25.0 Å². The second-order valence-electron chi connectivity index (χ2n) is 2.79. The van der Waals surface area contributed by atoms with Gasteiger partial charge in [-0.25, -0.2) is 0 Å². The van der Waals surface area contributed by atoms with E-state index < -0.39 is 11.9 Å². The van der Waals surface area contributed by atoms with Crippen LogP contribution in [0, 0.1) is 0 Å². The van der Waals surface area contributed by atoms with E-state index in [0.717, 1.165) is 13.8 Å². The molecule has 1 heterocycles. The SMILES string of the molecule is C1CCNCC1.CC(=O)[O-].CC(=O)[O-].[Pt+2]. The molecule has 0 amide bonds. The van der Waals surface area contributed by atoms with E-state index in [9.17, 15) is 0 Å². The Kier molecular flexibility index (Phi) is 21.4. The number of hydrogen-bond donors (Lipinski definition) is 1. The van der Waals surface area contributed by atoms with Gasteiger partial charge in [-0.05, 0) is 39.8 Å². The molecule has 0 spiro atoms. The van der Waals surface area contributed by atoms with Crippen molar-refractivity contribution >= 4 is 11.9 Å². The van der Waals surface area contributed by atoms with Crippen molar-refractivity contribution in [3.8, 4) is 0 Å². The van der Waals surface area contributed by atoms with Crippen LogP contribution in [0.2, 0.25) is 0 Å². The molecule has 0 aliphatic carbocycles. The fourth-order valence-electron chi connectivity index (χ4n) is 0.802. The van der Waals surface area contributed by atoms with Crippen LogP contribution in [0.3, 0.4) is 0 Å². The Hall–Kier alpha value is -0.412. The fourth-order valence-corrected chi connectivity index (χ4v) is 0.802. The molecule has 0 unspecified atom stereocenters. The summed E-state index contributed by atoms with van der Waals surface area (Å²) in [7, 11) is 0. The van der Waals surface area contributed by atoms with Crippen LogP contribution in [0.4, 0.5) is 0 Å². The number of rotatable bonds is 0. The smallest absolute Gasteiger partial charge is 0.550 e. The van der Waals surface area contributed by atoms with Gasteiger partial charge in [-0.3, -0.25) is 0 Å². The van der Waals surface area contributed by atoms with Crippen molar-refractivity contribution in [2.24, 2.45) is 0 Å². The molecule has 0 saturated carbocycles. The summed E-state index contributed by atoms with van der Waals surface area (Å²) in [6.07, 6.45) is 4.22. The van der Waals surface area contributed by atoms with Gasteiger partial charge < -0.3 is 25.1 Å². The maximum absolute atomic E-state index is 8.89. The zero-order valence-electron chi connectivity index (χ0n) is 8.98. The molecule has 6 heteroatoms. The third-order valence-electron chi connectivity index (χ3n) is 1.21. The van der Waals surface area contributed by atoms with Crippen LogP contribution in [0.1, 0.15) is 33.1 Å². The van der Waals surface area contributed by atoms with Crippen molar-refractivity contribution in [3.63, 3.8) is 0 Å². The van der Waals surface area contributed by atoms with Crippen LogP contribution < -0.4 is 15.5 Å². The molecular weight excluding hydrogens is 381 g/mol. The molecule has 1 N–H and O–H groups in total. The summed E-state index contributed by atoms with van der Waals surface area (Å²) in [5.74, 6) is -2.17. The van der Waals surface area contributed by atoms with Crippen LogP contribution in [-0.2, 0) is 30.7 Å². The number of carbonyl (C=O) groups is 2. The Morgan fingerprint density at radius 2 is 1.20 bits per heavy atom. The third kappa shape index (κ3) is 58.4. The Morgan fingerprint density at radius 3 is 1.27 bits per heavy atom. The molecule has 0 aromatic heterocycles. The third-order valence-corrected chi connectivity index (χ3v) is 1.21. The van der Waals surface area contributed by atoms with E-state index in [-0.39, 0.29) is 21.1 Å². The second kappa shape index (κ2) is 16.0. The Morgan fingerprint density at radius 1 is 0.933 bits per heavy atom. The second-order valence-corrected chi connectivity index (χ2v) is 2.79. The minimum Gasteiger partial charge on any atom is -0.550 e. The van der Waals surface area contributed by atoms with Gasteiger partial charge in [-0.15, -0.1) is 0 Å². The summed E-state index contributed by atoms with van der Waals surface area (Å²) >= 11 is 0. The monoisotopic (exact) mass is 398 g/mol. The number of nitrogens with one attached hydrogen (secondary N) is 1. The Labute approximate surface area is 105 Å². The van der Waals surface area contributed by atoms with Gasteiger partial charge in [0.15, 0.2) is 0 Å². The van der Waals surface area contributed by atoms with Crippen molar-refractivity contribution in [2.75, 3.05) is 13.1 Å². The predicted molar refractivity (Wildman–Crippen MR) is 48.1 cm³/mol. The van der Waals surface area contributed by atoms with Crippen LogP contribution in [0.15, 0.2) is 0 Å². The Bertz CT molecular complexity index is 129. The molecule has 15 heavy (non-hydrogen) atoms. The quantitative estimate of drug-likeness (QED) is 0.524. The number of hydrogen-bond acceptors (Lipinski definition) is 5. The summed E-state index contributed by atoms with van der Waals surface area (Å²) in [4.78, 5) is 17.8. The van der Waals surface area contributed by atoms with E-state index in [2.05, 4.69) is 5.32 Å². The van der Waals surface area contributed by atoms with E-state index in [4.69, 9.17) is 19.8 Å². The summed E-state index contributed by atoms with van der Waals surface area (Å²) in [5, 5.41) is 21.1. The molecule has 0 atom stereocenters. The van der Waals surface area contributed by atoms with Crippen LogP contribution in [0.5, 0.6) is 0 Å². The zero-order valence-corrected chi connectivity index (χ0v) is 11.3. The van der Waals surface area contributed by atoms with Crippen molar-refractivity contribution in [1.82, 2.24) is 5.32 Å². The molecule has 1 fully saturated rings. The number of carbonyl (C=O) groups excluding carboxylic acids is 2. The van der Waals surface area contributed by atoms with Crippen LogP contribution in [0.25, 0.3) is 0 Å². The average Bonchev–Trinajstić information content (AvgIpc) is 2.05. The molecular formula is C9H17NO4Pt.